The summed E-state index contributed by atoms with van der Waals surface area (Å²) in [4.78, 5) is 47.9. The van der Waals surface area contributed by atoms with Gasteiger partial charge in [-0.05, 0) is 12.8 Å². The molecule has 8 nitrogen and oxygen atoms in total. The van der Waals surface area contributed by atoms with Crippen LogP contribution in [-0.4, -0.2) is 61.6 Å². The lowest BCUT2D eigenvalue weighted by Crippen LogP contribution is -2.44. The summed E-state index contributed by atoms with van der Waals surface area (Å²) in [7, 11) is 5.20. The molecular formula is C20H36N2O6S2. The van der Waals surface area contributed by atoms with Crippen LogP contribution < -0.4 is 10.6 Å². The molecule has 0 radical (unpaired) electrons. The van der Waals surface area contributed by atoms with E-state index in [0.29, 0.717) is 12.8 Å². The highest BCUT2D eigenvalue weighted by molar-refractivity contribution is 8.76. The van der Waals surface area contributed by atoms with Gasteiger partial charge < -0.3 is 20.1 Å². The highest BCUT2D eigenvalue weighted by atomic mass is 33.1. The third-order valence-corrected chi connectivity index (χ3v) is 6.63. The Balaban J connectivity index is 4.52. The predicted molar refractivity (Wildman–Crippen MR) is 121 cm³/mol. The zero-order valence-electron chi connectivity index (χ0n) is 18.5. The number of methoxy groups -OCH3 is 2. The predicted octanol–water partition coefficient (Wildman–Crippen LogP) is 2.84. The fraction of sp³-hybridized carbons (Fsp3) is 0.800. The smallest absolute Gasteiger partial charge is 0.329 e. The summed E-state index contributed by atoms with van der Waals surface area (Å²) in [5, 5.41) is 5.40. The van der Waals surface area contributed by atoms with E-state index in [4.69, 9.17) is 9.47 Å². The minimum absolute atomic E-state index is 0.184. The number of esters is 2. The first-order valence-electron chi connectivity index (χ1n) is 10.4. The summed E-state index contributed by atoms with van der Waals surface area (Å²) >= 11 is 0. The molecule has 0 heterocycles. The van der Waals surface area contributed by atoms with Gasteiger partial charge in [-0.3, -0.25) is 9.59 Å². The molecule has 2 atom stereocenters. The van der Waals surface area contributed by atoms with Crippen molar-refractivity contribution in [3.8, 4) is 0 Å². The Bertz CT molecular complexity index is 487. The van der Waals surface area contributed by atoms with Crippen molar-refractivity contribution in [2.45, 2.75) is 77.3 Å². The number of carbonyl (C=O) groups is 4. The molecule has 0 aliphatic carbocycles. The van der Waals surface area contributed by atoms with Crippen LogP contribution in [0.2, 0.25) is 0 Å². The van der Waals surface area contributed by atoms with Crippen LogP contribution in [0.3, 0.4) is 0 Å². The third-order valence-electron chi connectivity index (χ3n) is 4.21. The Morgan fingerprint density at radius 3 is 1.37 bits per heavy atom. The molecule has 0 aromatic rings. The first-order valence-corrected chi connectivity index (χ1v) is 12.9. The average Bonchev–Trinajstić information content (AvgIpc) is 2.74. The second-order valence-corrected chi connectivity index (χ2v) is 9.32. The fourth-order valence-electron chi connectivity index (χ4n) is 2.46. The average molecular weight is 465 g/mol. The van der Waals surface area contributed by atoms with Crippen LogP contribution in [0.15, 0.2) is 0 Å². The maximum atomic E-state index is 12.0. The first-order chi connectivity index (χ1) is 14.4. The molecule has 0 aliphatic heterocycles. The largest absolute Gasteiger partial charge is 0.467 e. The van der Waals surface area contributed by atoms with Gasteiger partial charge in [-0.1, -0.05) is 61.1 Å². The van der Waals surface area contributed by atoms with Crippen LogP contribution in [-0.2, 0) is 28.7 Å². The molecule has 2 N–H and O–H groups in total. The highest BCUT2D eigenvalue weighted by Gasteiger charge is 2.24. The molecule has 0 unspecified atom stereocenters. The van der Waals surface area contributed by atoms with Gasteiger partial charge in [0.05, 0.1) is 14.2 Å². The van der Waals surface area contributed by atoms with E-state index in [2.05, 4.69) is 24.5 Å². The van der Waals surface area contributed by atoms with Crippen molar-refractivity contribution < 1.29 is 28.7 Å². The lowest BCUT2D eigenvalue weighted by Gasteiger charge is -2.18. The van der Waals surface area contributed by atoms with Crippen molar-refractivity contribution in [2.24, 2.45) is 0 Å². The number of hydrogen-bond acceptors (Lipinski definition) is 8. The maximum absolute atomic E-state index is 12.0. The minimum atomic E-state index is -0.762. The van der Waals surface area contributed by atoms with Crippen LogP contribution >= 0.6 is 21.6 Å². The Morgan fingerprint density at radius 1 is 0.700 bits per heavy atom. The van der Waals surface area contributed by atoms with E-state index < -0.39 is 24.0 Å². The normalized spacial score (nSPS) is 12.5. The van der Waals surface area contributed by atoms with E-state index in [1.54, 1.807) is 0 Å². The number of amides is 2. The molecule has 0 saturated heterocycles. The van der Waals surface area contributed by atoms with Gasteiger partial charge in [0.2, 0.25) is 11.8 Å². The van der Waals surface area contributed by atoms with Gasteiger partial charge in [-0.2, -0.15) is 0 Å². The highest BCUT2D eigenvalue weighted by Crippen LogP contribution is 2.23. The summed E-state index contributed by atoms with van der Waals surface area (Å²) in [5.41, 5.74) is 0. The Morgan fingerprint density at radius 2 is 1.07 bits per heavy atom. The monoisotopic (exact) mass is 464 g/mol. The van der Waals surface area contributed by atoms with Crippen molar-refractivity contribution in [2.75, 3.05) is 25.7 Å². The lowest BCUT2D eigenvalue weighted by atomic mass is 10.2. The third kappa shape index (κ3) is 13.7. The van der Waals surface area contributed by atoms with Crippen LogP contribution in [0, 0.1) is 0 Å². The second kappa shape index (κ2) is 18.4. The van der Waals surface area contributed by atoms with Crippen LogP contribution in [0.1, 0.15) is 65.2 Å². The molecular weight excluding hydrogens is 428 g/mol. The Kier molecular flexibility index (Phi) is 17.5. The number of carbonyl (C=O) groups excluding carboxylic acids is 4. The quantitative estimate of drug-likeness (QED) is 0.192. The number of rotatable bonds is 17. The number of unbranched alkanes of at least 4 members (excludes halogenated alkanes) is 4. The maximum Gasteiger partial charge on any atom is 0.329 e. The summed E-state index contributed by atoms with van der Waals surface area (Å²) in [6.07, 6.45) is 6.22. The molecule has 2 amide bonds. The van der Waals surface area contributed by atoms with Gasteiger partial charge in [0.1, 0.15) is 12.1 Å². The topological polar surface area (TPSA) is 111 Å². The molecule has 0 fully saturated rings. The van der Waals surface area contributed by atoms with Crippen molar-refractivity contribution in [1.82, 2.24) is 10.6 Å². The van der Waals surface area contributed by atoms with E-state index >= 15 is 0 Å². The molecule has 10 heteroatoms. The standard InChI is InChI=1S/C20H36N2O6S2/c1-5-7-9-11-17(23)21-15(19(25)27-3)13-29-30-14-16(20(26)28-4)22-18(24)12-10-8-6-2/h15-16H,5-14H2,1-4H3,(H,21,23)(H,22,24)/t15-,16-/m0/s1. The molecule has 0 saturated carbocycles. The number of hydrogen-bond donors (Lipinski definition) is 2. The summed E-state index contributed by atoms with van der Waals surface area (Å²) in [5.74, 6) is -0.821. The van der Waals surface area contributed by atoms with E-state index in [-0.39, 0.29) is 23.3 Å². The summed E-state index contributed by atoms with van der Waals surface area (Å²) in [6.45, 7) is 4.11. The molecule has 0 aliphatic rings. The number of ether oxygens (including phenoxy) is 2. The molecule has 0 bridgehead atoms. The van der Waals surface area contributed by atoms with Crippen molar-refractivity contribution in [3.63, 3.8) is 0 Å². The van der Waals surface area contributed by atoms with Gasteiger partial charge in [0.25, 0.3) is 0 Å². The second-order valence-electron chi connectivity index (χ2n) is 6.77. The molecule has 0 aromatic carbocycles. The van der Waals surface area contributed by atoms with Gasteiger partial charge >= 0.3 is 11.9 Å². The summed E-state index contributed by atoms with van der Waals surface area (Å²) < 4.78 is 9.53. The molecule has 0 aromatic heterocycles. The zero-order valence-corrected chi connectivity index (χ0v) is 20.1. The van der Waals surface area contributed by atoms with Crippen molar-refractivity contribution in [1.29, 1.82) is 0 Å². The molecule has 174 valence electrons. The fourth-order valence-corrected chi connectivity index (χ4v) is 4.76. The van der Waals surface area contributed by atoms with Crippen LogP contribution in [0.4, 0.5) is 0 Å². The van der Waals surface area contributed by atoms with Crippen molar-refractivity contribution >= 4 is 45.3 Å². The van der Waals surface area contributed by atoms with E-state index in [1.807, 2.05) is 0 Å². The molecule has 0 spiro atoms. The van der Waals surface area contributed by atoms with Gasteiger partial charge in [-0.15, -0.1) is 0 Å². The Labute approximate surface area is 187 Å². The van der Waals surface area contributed by atoms with Crippen molar-refractivity contribution in [3.05, 3.63) is 0 Å². The van der Waals surface area contributed by atoms with Gasteiger partial charge in [-0.25, -0.2) is 9.59 Å². The molecule has 30 heavy (non-hydrogen) atoms. The Hall–Kier alpha value is -1.42. The molecule has 0 rings (SSSR count). The van der Waals surface area contributed by atoms with Crippen LogP contribution in [0.25, 0.3) is 0 Å². The minimum Gasteiger partial charge on any atom is -0.467 e. The lowest BCUT2D eigenvalue weighted by molar-refractivity contribution is -0.144. The van der Waals surface area contributed by atoms with Gasteiger partial charge in [0.15, 0.2) is 0 Å². The SMILES string of the molecule is CCCCCC(=O)N[C@@H](CSSC[C@H](NC(=O)CCCCC)C(=O)OC)C(=O)OC. The number of nitrogens with one attached hydrogen (secondary N) is 2. The van der Waals surface area contributed by atoms with Crippen LogP contribution in [0.5, 0.6) is 0 Å². The zero-order chi connectivity index (χ0) is 22.8. The summed E-state index contributed by atoms with van der Waals surface area (Å²) in [6, 6.07) is -1.52. The van der Waals surface area contributed by atoms with E-state index in [0.717, 1.165) is 38.5 Å². The van der Waals surface area contributed by atoms with E-state index in [9.17, 15) is 19.2 Å². The van der Waals surface area contributed by atoms with Gasteiger partial charge in [0, 0.05) is 24.3 Å². The first kappa shape index (κ1) is 28.6. The van der Waals surface area contributed by atoms with E-state index in [1.165, 1.54) is 35.8 Å².